The second-order valence-corrected chi connectivity index (χ2v) is 9.88. The lowest BCUT2D eigenvalue weighted by Crippen LogP contribution is -2.50. The molecular formula is C28H31N3O3. The molecule has 1 aliphatic carbocycles. The molecular weight excluding hydrogens is 426 g/mol. The van der Waals surface area contributed by atoms with Gasteiger partial charge in [-0.15, -0.1) is 0 Å². The average molecular weight is 458 g/mol. The highest BCUT2D eigenvalue weighted by Gasteiger charge is 2.73. The molecule has 0 radical (unpaired) electrons. The molecule has 1 spiro atoms. The fraction of sp³-hybridized carbons (Fsp3) is 0.429. The Hall–Kier alpha value is -3.28. The number of fused-ring (bicyclic) bond motifs is 1. The van der Waals surface area contributed by atoms with Crippen molar-refractivity contribution in [2.75, 3.05) is 12.4 Å². The minimum Gasteiger partial charge on any atom is -0.497 e. The molecule has 2 aromatic rings. The summed E-state index contributed by atoms with van der Waals surface area (Å²) in [6, 6.07) is 15.6. The highest BCUT2D eigenvalue weighted by atomic mass is 16.5. The largest absolute Gasteiger partial charge is 0.497 e. The van der Waals surface area contributed by atoms with Gasteiger partial charge in [0, 0.05) is 23.8 Å². The van der Waals surface area contributed by atoms with Gasteiger partial charge >= 0.3 is 0 Å². The maximum atomic E-state index is 14.3. The van der Waals surface area contributed by atoms with Crippen LogP contribution in [-0.2, 0) is 21.5 Å². The summed E-state index contributed by atoms with van der Waals surface area (Å²) in [6.45, 7) is 2.33. The number of para-hydroxylation sites is 1. The van der Waals surface area contributed by atoms with Crippen molar-refractivity contribution >= 4 is 17.5 Å². The van der Waals surface area contributed by atoms with Crippen LogP contribution in [0.5, 0.6) is 5.75 Å². The third-order valence-electron chi connectivity index (χ3n) is 8.31. The van der Waals surface area contributed by atoms with Crippen LogP contribution in [0.25, 0.3) is 0 Å². The van der Waals surface area contributed by atoms with Crippen molar-refractivity contribution in [3.63, 3.8) is 0 Å². The Morgan fingerprint density at radius 1 is 1.06 bits per heavy atom. The van der Waals surface area contributed by atoms with Gasteiger partial charge in [0.25, 0.3) is 5.91 Å². The lowest BCUT2D eigenvalue weighted by atomic mass is 9.72. The molecule has 0 unspecified atom stereocenters. The number of ether oxygens (including phenoxy) is 1. The van der Waals surface area contributed by atoms with Gasteiger partial charge in [-0.2, -0.15) is 0 Å². The summed E-state index contributed by atoms with van der Waals surface area (Å²) in [4.78, 5) is 32.1. The van der Waals surface area contributed by atoms with E-state index in [-0.39, 0.29) is 24.0 Å². The molecule has 1 saturated carbocycles. The van der Waals surface area contributed by atoms with Crippen molar-refractivity contribution in [1.82, 2.24) is 9.80 Å². The first-order valence-corrected chi connectivity index (χ1v) is 12.4. The van der Waals surface area contributed by atoms with Crippen LogP contribution in [0.4, 0.5) is 5.69 Å². The zero-order valence-corrected chi connectivity index (χ0v) is 19.8. The molecule has 3 heterocycles. The number of nitrogens with one attached hydrogen (secondary N) is 1. The van der Waals surface area contributed by atoms with Crippen molar-refractivity contribution < 1.29 is 14.3 Å². The molecule has 3 fully saturated rings. The van der Waals surface area contributed by atoms with Gasteiger partial charge in [0.1, 0.15) is 18.0 Å². The van der Waals surface area contributed by atoms with Crippen molar-refractivity contribution in [3.8, 4) is 5.75 Å². The summed E-state index contributed by atoms with van der Waals surface area (Å²) in [5, 5.41) is 3.69. The summed E-state index contributed by atoms with van der Waals surface area (Å²) in [5.41, 5.74) is 3.13. The van der Waals surface area contributed by atoms with Crippen LogP contribution in [-0.4, -0.2) is 47.0 Å². The molecule has 0 bridgehead atoms. The first-order chi connectivity index (χ1) is 16.6. The molecule has 0 aromatic heterocycles. The highest BCUT2D eigenvalue weighted by Crippen LogP contribution is 2.59. The van der Waals surface area contributed by atoms with Crippen LogP contribution in [0.1, 0.15) is 50.2 Å². The Kier molecular flexibility index (Phi) is 4.94. The predicted molar refractivity (Wildman–Crippen MR) is 130 cm³/mol. The summed E-state index contributed by atoms with van der Waals surface area (Å²) in [5.74, 6) is 0.817. The molecule has 1 N–H and O–H groups in total. The zero-order chi connectivity index (χ0) is 23.4. The molecule has 2 aromatic carbocycles. The predicted octanol–water partition coefficient (Wildman–Crippen LogP) is 4.22. The minimum atomic E-state index is -0.691. The SMILES string of the molecule is C/C=C1/C(=O)N(Cc2ccc(OC)cc2)[C@H]2C(=O)N(C3CCCCC3)[C@@H]3Nc4ccccc4[C@]123. The summed E-state index contributed by atoms with van der Waals surface area (Å²) in [6.07, 6.45) is 7.29. The van der Waals surface area contributed by atoms with E-state index < -0.39 is 11.5 Å². The number of allylic oxidation sites excluding steroid dienone is 1. The second kappa shape index (κ2) is 7.90. The summed E-state index contributed by atoms with van der Waals surface area (Å²) in [7, 11) is 1.64. The van der Waals surface area contributed by atoms with E-state index in [9.17, 15) is 9.59 Å². The van der Waals surface area contributed by atoms with E-state index in [2.05, 4.69) is 22.3 Å². The van der Waals surface area contributed by atoms with Gasteiger partial charge < -0.3 is 19.9 Å². The molecule has 2 amide bonds. The van der Waals surface area contributed by atoms with Gasteiger partial charge in [-0.1, -0.05) is 55.7 Å². The maximum absolute atomic E-state index is 14.3. The van der Waals surface area contributed by atoms with Gasteiger partial charge in [0.05, 0.1) is 12.5 Å². The van der Waals surface area contributed by atoms with Crippen molar-refractivity contribution in [2.45, 2.75) is 69.2 Å². The third kappa shape index (κ3) is 2.74. The van der Waals surface area contributed by atoms with E-state index in [0.717, 1.165) is 53.8 Å². The number of methoxy groups -OCH3 is 1. The average Bonchev–Trinajstić information content (AvgIpc) is 3.41. The van der Waals surface area contributed by atoms with Gasteiger partial charge in [-0.25, -0.2) is 0 Å². The van der Waals surface area contributed by atoms with E-state index in [0.29, 0.717) is 6.54 Å². The number of anilines is 1. The number of carbonyl (C=O) groups is 2. The standard InChI is InChI=1S/C28H31N3O3/c1-3-21-25(32)30(17-18-13-15-20(34-2)16-14-18)24-26(33)31(19-9-5-4-6-10-19)27-28(21,24)22-11-7-8-12-23(22)29-27/h3,7-8,11-16,19,24,27,29H,4-6,9-10,17H2,1-2H3/b21-3-/t24-,27-,28+/m0/s1. The zero-order valence-electron chi connectivity index (χ0n) is 19.8. The highest BCUT2D eigenvalue weighted by molar-refractivity contribution is 6.09. The maximum Gasteiger partial charge on any atom is 0.251 e. The van der Waals surface area contributed by atoms with Crippen molar-refractivity contribution in [3.05, 3.63) is 71.3 Å². The van der Waals surface area contributed by atoms with E-state index in [1.54, 1.807) is 7.11 Å². The summed E-state index contributed by atoms with van der Waals surface area (Å²) >= 11 is 0. The van der Waals surface area contributed by atoms with Crippen LogP contribution in [0.3, 0.4) is 0 Å². The normalized spacial score (nSPS) is 29.3. The smallest absolute Gasteiger partial charge is 0.251 e. The number of hydrogen-bond donors (Lipinski definition) is 1. The fourth-order valence-corrected chi connectivity index (χ4v) is 6.90. The second-order valence-electron chi connectivity index (χ2n) is 9.88. The Bertz CT molecular complexity index is 1170. The summed E-state index contributed by atoms with van der Waals surface area (Å²) < 4.78 is 5.30. The molecule has 34 heavy (non-hydrogen) atoms. The van der Waals surface area contributed by atoms with Crippen molar-refractivity contribution in [1.29, 1.82) is 0 Å². The molecule has 4 aliphatic rings. The number of carbonyl (C=O) groups excluding carboxylic acids is 2. The first kappa shape index (κ1) is 21.3. The quantitative estimate of drug-likeness (QED) is 0.699. The van der Waals surface area contributed by atoms with Crippen LogP contribution in [0, 0.1) is 0 Å². The van der Waals surface area contributed by atoms with Crippen LogP contribution < -0.4 is 10.1 Å². The number of rotatable bonds is 4. The first-order valence-electron chi connectivity index (χ1n) is 12.4. The number of amides is 2. The van der Waals surface area contributed by atoms with Gasteiger partial charge in [0.15, 0.2) is 0 Å². The van der Waals surface area contributed by atoms with E-state index in [4.69, 9.17) is 4.74 Å². The topological polar surface area (TPSA) is 61.9 Å². The van der Waals surface area contributed by atoms with Gasteiger partial charge in [0.2, 0.25) is 5.91 Å². The fourth-order valence-electron chi connectivity index (χ4n) is 6.90. The number of benzene rings is 2. The molecule has 3 atom stereocenters. The monoisotopic (exact) mass is 457 g/mol. The third-order valence-corrected chi connectivity index (χ3v) is 8.31. The van der Waals surface area contributed by atoms with E-state index in [1.807, 2.05) is 54.3 Å². The van der Waals surface area contributed by atoms with E-state index in [1.165, 1.54) is 6.42 Å². The van der Waals surface area contributed by atoms with Crippen LogP contribution >= 0.6 is 0 Å². The molecule has 3 aliphatic heterocycles. The van der Waals surface area contributed by atoms with Crippen LogP contribution in [0.15, 0.2) is 60.2 Å². The number of nitrogens with zero attached hydrogens (tertiary/aromatic N) is 2. The Morgan fingerprint density at radius 3 is 2.50 bits per heavy atom. The van der Waals surface area contributed by atoms with Crippen molar-refractivity contribution in [2.24, 2.45) is 0 Å². The Balaban J connectivity index is 1.48. The lowest BCUT2D eigenvalue weighted by Gasteiger charge is -2.38. The van der Waals surface area contributed by atoms with Gasteiger partial charge in [-0.3, -0.25) is 9.59 Å². The molecule has 6 heteroatoms. The van der Waals surface area contributed by atoms with Gasteiger partial charge in [-0.05, 0) is 49.1 Å². The number of hydrogen-bond acceptors (Lipinski definition) is 4. The number of likely N-dealkylation sites (tertiary alicyclic amines) is 2. The molecule has 6 nitrogen and oxygen atoms in total. The molecule has 176 valence electrons. The molecule has 6 rings (SSSR count). The van der Waals surface area contributed by atoms with Crippen LogP contribution in [0.2, 0.25) is 0 Å². The molecule has 2 saturated heterocycles. The Labute approximate surface area is 200 Å². The lowest BCUT2D eigenvalue weighted by molar-refractivity contribution is -0.140. The minimum absolute atomic E-state index is 0.0385. The van der Waals surface area contributed by atoms with E-state index >= 15 is 0 Å². The Morgan fingerprint density at radius 2 is 1.79 bits per heavy atom.